The maximum Gasteiger partial charge on any atom is 0.129 e. The zero-order valence-electron chi connectivity index (χ0n) is 4.51. The van der Waals surface area contributed by atoms with E-state index in [-0.39, 0.29) is 5.78 Å². The quantitative estimate of drug-likeness (QED) is 0.462. The average Bonchev–Trinajstić information content (AvgIpc) is 1.73. The summed E-state index contributed by atoms with van der Waals surface area (Å²) in [6.45, 7) is 3.43. The smallest absolute Gasteiger partial charge is 0.129 e. The van der Waals surface area contributed by atoms with Gasteiger partial charge in [0.1, 0.15) is 5.78 Å². The third-order valence-corrected chi connectivity index (χ3v) is 0.498. The fourth-order valence-electron chi connectivity index (χ4n) is 0. The number of carbonyl (C=O) groups excluding carboxylic acids is 1. The van der Waals surface area contributed by atoms with Gasteiger partial charge in [-0.05, 0) is 6.92 Å². The molecule has 40 valence electrons. The molecule has 0 aromatic heterocycles. The summed E-state index contributed by atoms with van der Waals surface area (Å²) < 4.78 is 0. The first kappa shape index (κ1) is 9.43. The van der Waals surface area contributed by atoms with Gasteiger partial charge in [-0.15, -0.1) is 0 Å². The van der Waals surface area contributed by atoms with Crippen molar-refractivity contribution in [2.75, 3.05) is 0 Å². The summed E-state index contributed by atoms with van der Waals surface area (Å²) in [4.78, 5) is 9.81. The van der Waals surface area contributed by atoms with Crippen LogP contribution in [-0.2, 0) is 4.79 Å². The van der Waals surface area contributed by atoms with Gasteiger partial charge in [-0.1, -0.05) is 6.92 Å². The fraction of sp³-hybridized carbons (Fsp3) is 0.750. The molecule has 0 aromatic rings. The molecule has 0 heterocycles. The minimum atomic E-state index is 0.255. The second-order valence-electron chi connectivity index (χ2n) is 1.06. The molecular weight excluding hydrogens is 92.1 g/mol. The Hall–Kier alpha value is -0.910. The lowest BCUT2D eigenvalue weighted by Crippen LogP contribution is -1.80. The SMILES string of the molecule is CCC(C)=O.N#N. The normalized spacial score (nSPS) is 5.71. The third kappa shape index (κ3) is 40.9. The lowest BCUT2D eigenvalue weighted by molar-refractivity contribution is -0.116. The molecule has 0 saturated carbocycles. The van der Waals surface area contributed by atoms with Crippen molar-refractivity contribution in [3.05, 3.63) is 0 Å². The molecule has 0 aliphatic heterocycles. The van der Waals surface area contributed by atoms with Gasteiger partial charge in [-0.2, -0.15) is 0 Å². The van der Waals surface area contributed by atoms with Crippen LogP contribution in [0.2, 0.25) is 0 Å². The average molecular weight is 100 g/mol. The second-order valence-corrected chi connectivity index (χ2v) is 1.06. The number of carbonyl (C=O) groups is 1. The van der Waals surface area contributed by atoms with E-state index in [1.165, 1.54) is 0 Å². The van der Waals surface area contributed by atoms with Gasteiger partial charge in [0.25, 0.3) is 0 Å². The van der Waals surface area contributed by atoms with E-state index < -0.39 is 0 Å². The molecule has 0 rings (SSSR count). The molecular formula is C4H8N2O. The Balaban J connectivity index is 0. The van der Waals surface area contributed by atoms with Crippen molar-refractivity contribution < 1.29 is 4.79 Å². The lowest BCUT2D eigenvalue weighted by Gasteiger charge is -1.71. The summed E-state index contributed by atoms with van der Waals surface area (Å²) in [5, 5.41) is 12.0. The van der Waals surface area contributed by atoms with Crippen LogP contribution in [0.1, 0.15) is 20.3 Å². The molecule has 0 N–H and O–H groups in total. The van der Waals surface area contributed by atoms with Gasteiger partial charge in [0.15, 0.2) is 0 Å². The molecule has 0 bridgehead atoms. The number of rotatable bonds is 1. The van der Waals surface area contributed by atoms with Gasteiger partial charge in [-0.3, -0.25) is 0 Å². The van der Waals surface area contributed by atoms with Gasteiger partial charge < -0.3 is 4.79 Å². The van der Waals surface area contributed by atoms with Crippen molar-refractivity contribution in [3.63, 3.8) is 0 Å². The molecule has 0 fully saturated rings. The zero-order chi connectivity index (χ0) is 6.28. The van der Waals surface area contributed by atoms with Crippen molar-refractivity contribution in [2.24, 2.45) is 0 Å². The highest BCUT2D eigenvalue weighted by Crippen LogP contribution is 1.71. The van der Waals surface area contributed by atoms with E-state index in [1.807, 2.05) is 6.92 Å². The summed E-state index contributed by atoms with van der Waals surface area (Å²) >= 11 is 0. The standard InChI is InChI=1S/C4H8O.N2/c1-3-4(2)5;1-2/h3H2,1-2H3;. The van der Waals surface area contributed by atoms with Crippen molar-refractivity contribution in [3.8, 4) is 0 Å². The number of hydrogen-bond acceptors (Lipinski definition) is 3. The fourth-order valence-corrected chi connectivity index (χ4v) is 0. The van der Waals surface area contributed by atoms with Crippen molar-refractivity contribution in [1.82, 2.24) is 0 Å². The first-order valence-electron chi connectivity index (χ1n) is 1.96. The number of ketones is 1. The molecule has 0 aromatic carbocycles. The van der Waals surface area contributed by atoms with Crippen molar-refractivity contribution in [2.45, 2.75) is 20.3 Å². The van der Waals surface area contributed by atoms with Crippen molar-refractivity contribution >= 4 is 5.78 Å². The van der Waals surface area contributed by atoms with Gasteiger partial charge >= 0.3 is 0 Å². The summed E-state index contributed by atoms with van der Waals surface area (Å²) in [7, 11) is 0. The molecule has 0 radical (unpaired) electrons. The van der Waals surface area contributed by atoms with Crippen LogP contribution in [0.25, 0.3) is 0 Å². The Kier molecular flexibility index (Phi) is 12.0. The molecule has 7 heavy (non-hydrogen) atoms. The van der Waals surface area contributed by atoms with E-state index in [4.69, 9.17) is 10.8 Å². The molecule has 0 amide bonds. The number of hydrogen-bond donors (Lipinski definition) is 0. The minimum Gasteiger partial charge on any atom is -0.300 e. The minimum absolute atomic E-state index is 0.255. The highest BCUT2D eigenvalue weighted by Gasteiger charge is 1.76. The Bertz CT molecular complexity index is 67.3. The lowest BCUT2D eigenvalue weighted by atomic mass is 10.4. The largest absolute Gasteiger partial charge is 0.300 e. The van der Waals surface area contributed by atoms with Crippen LogP contribution in [0.3, 0.4) is 0 Å². The van der Waals surface area contributed by atoms with Gasteiger partial charge in [0.2, 0.25) is 0 Å². The van der Waals surface area contributed by atoms with Crippen LogP contribution >= 0.6 is 0 Å². The highest BCUT2D eigenvalue weighted by molar-refractivity contribution is 5.74. The highest BCUT2D eigenvalue weighted by atomic mass is 16.1. The van der Waals surface area contributed by atoms with Crippen LogP contribution < -0.4 is 0 Å². The number of Topliss-reactive ketones (excluding diaryl/α,β-unsaturated/α-hetero) is 1. The molecule has 0 saturated heterocycles. The predicted molar refractivity (Wildman–Crippen MR) is 24.4 cm³/mol. The van der Waals surface area contributed by atoms with E-state index >= 15 is 0 Å². The summed E-state index contributed by atoms with van der Waals surface area (Å²) in [6, 6.07) is 0. The molecule has 3 nitrogen and oxygen atoms in total. The topological polar surface area (TPSA) is 64.7 Å². The Morgan fingerprint density at radius 1 is 1.57 bits per heavy atom. The molecule has 0 aliphatic rings. The maximum absolute atomic E-state index is 9.81. The first-order chi connectivity index (χ1) is 3.27. The van der Waals surface area contributed by atoms with E-state index in [2.05, 4.69) is 0 Å². The Morgan fingerprint density at radius 2 is 1.71 bits per heavy atom. The van der Waals surface area contributed by atoms with Gasteiger partial charge in [0.05, 0.1) is 0 Å². The second kappa shape index (κ2) is 8.92. The Labute approximate surface area is 42.8 Å². The molecule has 0 aliphatic carbocycles. The van der Waals surface area contributed by atoms with Crippen LogP contribution in [0.5, 0.6) is 0 Å². The molecule has 0 atom stereocenters. The van der Waals surface area contributed by atoms with Crippen LogP contribution in [0.15, 0.2) is 0 Å². The summed E-state index contributed by atoms with van der Waals surface area (Å²) in [5.74, 6) is 0.255. The number of nitrogens with zero attached hydrogens (tertiary/aromatic N) is 2. The van der Waals surface area contributed by atoms with E-state index in [0.29, 0.717) is 6.42 Å². The van der Waals surface area contributed by atoms with E-state index in [0.717, 1.165) is 0 Å². The predicted octanol–water partition coefficient (Wildman–Crippen LogP) is 1.02. The van der Waals surface area contributed by atoms with Gasteiger partial charge in [-0.25, -0.2) is 0 Å². The van der Waals surface area contributed by atoms with Crippen LogP contribution in [0, 0.1) is 10.8 Å². The van der Waals surface area contributed by atoms with Crippen LogP contribution in [0.4, 0.5) is 0 Å². The van der Waals surface area contributed by atoms with E-state index in [9.17, 15) is 4.79 Å². The third-order valence-electron chi connectivity index (χ3n) is 0.498. The molecule has 3 heteroatoms. The monoisotopic (exact) mass is 100 g/mol. The molecule has 0 unspecified atom stereocenters. The first-order valence-corrected chi connectivity index (χ1v) is 1.96. The maximum atomic E-state index is 9.81. The zero-order valence-corrected chi connectivity index (χ0v) is 4.51. The Morgan fingerprint density at radius 3 is 1.71 bits per heavy atom. The summed E-state index contributed by atoms with van der Waals surface area (Å²) in [6.07, 6.45) is 0.667. The molecule has 0 spiro atoms. The van der Waals surface area contributed by atoms with Crippen molar-refractivity contribution in [1.29, 1.82) is 10.8 Å². The van der Waals surface area contributed by atoms with Crippen LogP contribution in [-0.4, -0.2) is 5.78 Å². The summed E-state index contributed by atoms with van der Waals surface area (Å²) in [5.41, 5.74) is 0. The van der Waals surface area contributed by atoms with E-state index in [1.54, 1.807) is 6.92 Å². The van der Waals surface area contributed by atoms with Gasteiger partial charge in [0, 0.05) is 17.2 Å².